The van der Waals surface area contributed by atoms with Crippen LogP contribution >= 0.6 is 35.3 Å². The van der Waals surface area contributed by atoms with Crippen molar-refractivity contribution >= 4 is 41.3 Å². The Kier molecular flexibility index (Phi) is 8.12. The van der Waals surface area contributed by atoms with Gasteiger partial charge in [0.15, 0.2) is 5.96 Å². The van der Waals surface area contributed by atoms with E-state index in [1.54, 1.807) is 11.1 Å². The van der Waals surface area contributed by atoms with Crippen molar-refractivity contribution in [2.45, 2.75) is 19.5 Å². The van der Waals surface area contributed by atoms with E-state index in [-0.39, 0.29) is 24.0 Å². The average molecular weight is 516 g/mol. The second-order valence-electron chi connectivity index (χ2n) is 7.12. The Morgan fingerprint density at radius 3 is 2.82 bits per heavy atom. The predicted molar refractivity (Wildman–Crippen MR) is 123 cm³/mol. The third kappa shape index (κ3) is 5.46. The van der Waals surface area contributed by atoms with E-state index in [0.29, 0.717) is 0 Å². The number of nitrogens with one attached hydrogen (secondary N) is 1. The lowest BCUT2D eigenvalue weighted by atomic mass is 10.1. The normalized spacial score (nSPS) is 18.6. The minimum absolute atomic E-state index is 0. The fourth-order valence-electron chi connectivity index (χ4n) is 3.82. The molecule has 0 saturated carbocycles. The molecule has 2 aromatic rings. The third-order valence-electron chi connectivity index (χ3n) is 5.36. The molecule has 9 heteroatoms. The Hall–Kier alpha value is -1.17. The molecular formula is C19H29IN6OS. The lowest BCUT2D eigenvalue weighted by Gasteiger charge is -2.36. The van der Waals surface area contributed by atoms with E-state index in [2.05, 4.69) is 41.6 Å². The molecule has 2 aromatic heterocycles. The van der Waals surface area contributed by atoms with Crippen LogP contribution in [0.3, 0.4) is 0 Å². The topological polar surface area (TPSA) is 60.1 Å². The summed E-state index contributed by atoms with van der Waals surface area (Å²) in [6.45, 7) is 9.09. The first-order chi connectivity index (χ1) is 13.3. The smallest absolute Gasteiger partial charge is 0.193 e. The van der Waals surface area contributed by atoms with E-state index in [0.717, 1.165) is 70.6 Å². The van der Waals surface area contributed by atoms with Crippen LogP contribution in [-0.4, -0.2) is 78.7 Å². The van der Waals surface area contributed by atoms with Crippen molar-refractivity contribution in [2.75, 3.05) is 52.9 Å². The number of nitrogens with zero attached hydrogens (tertiary/aromatic N) is 5. The molecule has 1 saturated heterocycles. The molecule has 1 fully saturated rings. The zero-order valence-electron chi connectivity index (χ0n) is 16.3. The first-order valence-electron chi connectivity index (χ1n) is 9.66. The summed E-state index contributed by atoms with van der Waals surface area (Å²) in [4.78, 5) is 13.4. The summed E-state index contributed by atoms with van der Waals surface area (Å²) in [5.74, 6) is 1.02. The van der Waals surface area contributed by atoms with E-state index in [9.17, 15) is 0 Å². The monoisotopic (exact) mass is 516 g/mol. The van der Waals surface area contributed by atoms with E-state index >= 15 is 0 Å². The Morgan fingerprint density at radius 2 is 2.07 bits per heavy atom. The van der Waals surface area contributed by atoms with Gasteiger partial charge in [-0.2, -0.15) is 0 Å². The van der Waals surface area contributed by atoms with Gasteiger partial charge in [0.1, 0.15) is 6.26 Å². The molecule has 2 aliphatic heterocycles. The summed E-state index contributed by atoms with van der Waals surface area (Å²) in [6, 6.07) is 4.21. The Balaban J connectivity index is 0.00000225. The average Bonchev–Trinajstić information content (AvgIpc) is 3.37. The minimum atomic E-state index is 0. The predicted octanol–water partition coefficient (Wildman–Crippen LogP) is 2.11. The van der Waals surface area contributed by atoms with E-state index in [1.807, 2.05) is 24.5 Å². The molecule has 0 aliphatic carbocycles. The maximum atomic E-state index is 4.92. The van der Waals surface area contributed by atoms with Crippen LogP contribution in [0.2, 0.25) is 0 Å². The van der Waals surface area contributed by atoms with E-state index < -0.39 is 0 Å². The molecule has 0 aromatic carbocycles. The maximum Gasteiger partial charge on any atom is 0.193 e. The third-order valence-corrected chi connectivity index (χ3v) is 6.38. The van der Waals surface area contributed by atoms with Crippen LogP contribution in [0.25, 0.3) is 0 Å². The molecule has 154 valence electrons. The first-order valence-corrected chi connectivity index (χ1v) is 10.5. The van der Waals surface area contributed by atoms with Gasteiger partial charge in [0.25, 0.3) is 0 Å². The molecule has 4 heterocycles. The van der Waals surface area contributed by atoms with Crippen molar-refractivity contribution in [2.24, 2.45) is 4.99 Å². The number of fused-ring (bicyclic) bond motifs is 1. The van der Waals surface area contributed by atoms with Gasteiger partial charge in [-0.3, -0.25) is 14.8 Å². The van der Waals surface area contributed by atoms with E-state index in [1.165, 1.54) is 12.0 Å². The van der Waals surface area contributed by atoms with Crippen molar-refractivity contribution in [1.82, 2.24) is 25.2 Å². The van der Waals surface area contributed by atoms with Gasteiger partial charge in [-0.25, -0.2) is 0 Å². The second kappa shape index (κ2) is 10.6. The van der Waals surface area contributed by atoms with Crippen LogP contribution in [0.5, 0.6) is 0 Å². The molecule has 0 atom stereocenters. The van der Waals surface area contributed by atoms with Crippen LogP contribution in [0.1, 0.15) is 16.1 Å². The highest BCUT2D eigenvalue weighted by Gasteiger charge is 2.21. The Morgan fingerprint density at radius 1 is 1.21 bits per heavy atom. The van der Waals surface area contributed by atoms with Crippen molar-refractivity contribution in [3.05, 3.63) is 39.9 Å². The summed E-state index contributed by atoms with van der Waals surface area (Å²) < 4.78 is 4.92. The number of halogens is 1. The highest BCUT2D eigenvalue weighted by Crippen LogP contribution is 2.23. The van der Waals surface area contributed by atoms with E-state index in [4.69, 9.17) is 4.52 Å². The maximum absolute atomic E-state index is 4.92. The number of rotatable bonds is 5. The number of hydrogen-bond acceptors (Lipinski definition) is 6. The van der Waals surface area contributed by atoms with Crippen LogP contribution in [0, 0.1) is 0 Å². The van der Waals surface area contributed by atoms with Crippen LogP contribution in [0.4, 0.5) is 0 Å². The number of guanidine groups is 1. The zero-order chi connectivity index (χ0) is 18.5. The molecule has 28 heavy (non-hydrogen) atoms. The van der Waals surface area contributed by atoms with Gasteiger partial charge >= 0.3 is 0 Å². The quantitative estimate of drug-likeness (QED) is 0.374. The summed E-state index contributed by atoms with van der Waals surface area (Å²) in [5.41, 5.74) is 2.51. The Bertz CT molecular complexity index is 741. The number of thiophene rings is 1. The van der Waals surface area contributed by atoms with Crippen LogP contribution in [-0.2, 0) is 19.5 Å². The number of aromatic nitrogens is 1. The molecule has 4 rings (SSSR count). The highest BCUT2D eigenvalue weighted by atomic mass is 127. The minimum Gasteiger partial charge on any atom is -0.364 e. The lowest BCUT2D eigenvalue weighted by Crippen LogP contribution is -2.53. The van der Waals surface area contributed by atoms with Gasteiger partial charge < -0.3 is 14.7 Å². The van der Waals surface area contributed by atoms with Gasteiger partial charge in [0.05, 0.1) is 5.69 Å². The largest absolute Gasteiger partial charge is 0.364 e. The molecule has 0 radical (unpaired) electrons. The molecule has 2 aliphatic rings. The lowest BCUT2D eigenvalue weighted by molar-refractivity contribution is 0.168. The second-order valence-corrected chi connectivity index (χ2v) is 8.12. The number of piperazine rings is 1. The summed E-state index contributed by atoms with van der Waals surface area (Å²) in [6.07, 6.45) is 2.83. The highest BCUT2D eigenvalue weighted by molar-refractivity contribution is 14.0. The van der Waals surface area contributed by atoms with Gasteiger partial charge in [-0.15, -0.1) is 35.3 Å². The zero-order valence-corrected chi connectivity index (χ0v) is 19.5. The molecule has 0 spiro atoms. The van der Waals surface area contributed by atoms with Gasteiger partial charge in [-0.05, 0) is 23.4 Å². The van der Waals surface area contributed by atoms with Gasteiger partial charge in [0.2, 0.25) is 0 Å². The standard InChI is InChI=1S/C19H28N6OS.HI/c1-20-19(21-5-7-23-6-2-18-16(14-23)4-13-27-18)25-10-8-24(9-11-25)15-17-3-12-26-22-17;/h3-4,12-13H,2,5-11,14-15H2,1H3,(H,20,21);1H. The van der Waals surface area contributed by atoms with Crippen molar-refractivity contribution in [3.8, 4) is 0 Å². The fourth-order valence-corrected chi connectivity index (χ4v) is 4.71. The summed E-state index contributed by atoms with van der Waals surface area (Å²) in [7, 11) is 1.88. The van der Waals surface area contributed by atoms with Crippen molar-refractivity contribution < 1.29 is 4.52 Å². The molecular weight excluding hydrogens is 487 g/mol. The molecule has 1 N–H and O–H groups in total. The van der Waals surface area contributed by atoms with Crippen LogP contribution < -0.4 is 5.32 Å². The first kappa shape index (κ1) is 21.5. The molecule has 0 unspecified atom stereocenters. The van der Waals surface area contributed by atoms with Gasteiger partial charge in [-0.1, -0.05) is 5.16 Å². The SMILES string of the molecule is CN=C(NCCN1CCc2sccc2C1)N1CCN(Cc2ccon2)CC1.I. The number of aliphatic imine (C=N–C) groups is 1. The summed E-state index contributed by atoms with van der Waals surface area (Å²) >= 11 is 1.90. The van der Waals surface area contributed by atoms with Crippen molar-refractivity contribution in [1.29, 1.82) is 0 Å². The molecule has 0 bridgehead atoms. The van der Waals surface area contributed by atoms with Crippen LogP contribution in [0.15, 0.2) is 33.3 Å². The molecule has 0 amide bonds. The fraction of sp³-hybridized carbons (Fsp3) is 0.579. The Labute approximate surface area is 187 Å². The van der Waals surface area contributed by atoms with Crippen molar-refractivity contribution in [3.63, 3.8) is 0 Å². The summed E-state index contributed by atoms with van der Waals surface area (Å²) in [5, 5.41) is 9.78. The number of hydrogen-bond donors (Lipinski definition) is 1. The van der Waals surface area contributed by atoms with Gasteiger partial charge in [0, 0.05) is 76.9 Å². The molecule has 7 nitrogen and oxygen atoms in total.